The van der Waals surface area contributed by atoms with Crippen LogP contribution in [0.3, 0.4) is 0 Å². The number of hydrogen-bond donors (Lipinski definition) is 1. The Balaban J connectivity index is 2.91. The van der Waals surface area contributed by atoms with Crippen LogP contribution in [0.25, 0.3) is 0 Å². The molecule has 1 aromatic heterocycles. The summed E-state index contributed by atoms with van der Waals surface area (Å²) in [7, 11) is -1.26. The van der Waals surface area contributed by atoms with Crippen LogP contribution in [0.15, 0.2) is 17.5 Å². The average molecular weight is 261 g/mol. The van der Waals surface area contributed by atoms with E-state index in [1.807, 2.05) is 24.6 Å². The van der Waals surface area contributed by atoms with Gasteiger partial charge in [-0.1, -0.05) is 6.07 Å². The molecule has 1 rings (SSSR count). The highest BCUT2D eigenvalue weighted by Crippen LogP contribution is 2.24. The zero-order valence-corrected chi connectivity index (χ0v) is 11.8. The molecule has 0 spiro atoms. The molecule has 0 amide bonds. The van der Waals surface area contributed by atoms with Gasteiger partial charge in [-0.05, 0) is 38.8 Å². The van der Waals surface area contributed by atoms with Crippen molar-refractivity contribution >= 4 is 21.2 Å². The molecule has 0 radical (unpaired) electrons. The number of hydrogen-bond acceptors (Lipinski definition) is 4. The van der Waals surface area contributed by atoms with Gasteiger partial charge in [-0.15, -0.1) is 11.3 Å². The highest BCUT2D eigenvalue weighted by atomic mass is 32.2. The molecule has 1 heterocycles. The summed E-state index contributed by atoms with van der Waals surface area (Å²) < 4.78 is 22.7. The fourth-order valence-electron chi connectivity index (χ4n) is 1.58. The average Bonchev–Trinajstić information content (AvgIpc) is 2.64. The predicted molar refractivity (Wildman–Crippen MR) is 69.8 cm³/mol. The monoisotopic (exact) mass is 261 g/mol. The van der Waals surface area contributed by atoms with Crippen molar-refractivity contribution in [2.75, 3.05) is 13.3 Å². The maximum absolute atomic E-state index is 11.7. The Kier molecular flexibility index (Phi) is 4.15. The van der Waals surface area contributed by atoms with Gasteiger partial charge >= 0.3 is 0 Å². The van der Waals surface area contributed by atoms with Gasteiger partial charge in [0, 0.05) is 17.2 Å². The summed E-state index contributed by atoms with van der Waals surface area (Å²) in [6.07, 6.45) is 2.04. The summed E-state index contributed by atoms with van der Waals surface area (Å²) in [5, 5.41) is 5.12. The molecule has 0 saturated heterocycles. The minimum atomic E-state index is -3.07. The largest absolute Gasteiger partial charge is 0.315 e. The third-order valence-corrected chi connectivity index (χ3v) is 6.22. The van der Waals surface area contributed by atoms with E-state index in [1.165, 1.54) is 11.1 Å². The lowest BCUT2D eigenvalue weighted by molar-refractivity contribution is 0.432. The lowest BCUT2D eigenvalue weighted by Crippen LogP contribution is -2.51. The highest BCUT2D eigenvalue weighted by molar-refractivity contribution is 7.92. The van der Waals surface area contributed by atoms with E-state index in [0.717, 1.165) is 6.42 Å². The van der Waals surface area contributed by atoms with Crippen molar-refractivity contribution in [1.82, 2.24) is 5.32 Å². The summed E-state index contributed by atoms with van der Waals surface area (Å²) in [4.78, 5) is 1.20. The number of nitrogens with one attached hydrogen (secondary N) is 1. The van der Waals surface area contributed by atoms with Crippen LogP contribution in [0.5, 0.6) is 0 Å². The topological polar surface area (TPSA) is 46.2 Å². The molecule has 1 aromatic rings. The van der Waals surface area contributed by atoms with Crippen molar-refractivity contribution in [3.63, 3.8) is 0 Å². The first kappa shape index (κ1) is 13.7. The maximum Gasteiger partial charge on any atom is 0.154 e. The molecule has 0 aromatic carbocycles. The third kappa shape index (κ3) is 2.84. The molecule has 5 heteroatoms. The molecule has 3 nitrogen and oxygen atoms in total. The molecule has 1 N–H and O–H groups in total. The van der Waals surface area contributed by atoms with Crippen LogP contribution in [-0.4, -0.2) is 32.5 Å². The van der Waals surface area contributed by atoms with Crippen molar-refractivity contribution in [1.29, 1.82) is 0 Å². The van der Waals surface area contributed by atoms with E-state index in [2.05, 4.69) is 5.32 Å². The summed E-state index contributed by atoms with van der Waals surface area (Å²) in [5.41, 5.74) is 0. The number of rotatable bonds is 5. The molecule has 92 valence electrons. The molecule has 0 aliphatic rings. The fraction of sp³-hybridized carbons (Fsp3) is 0.636. The first-order valence-corrected chi connectivity index (χ1v) is 7.95. The fourth-order valence-corrected chi connectivity index (χ4v) is 3.05. The van der Waals surface area contributed by atoms with Gasteiger partial charge in [-0.2, -0.15) is 0 Å². The van der Waals surface area contributed by atoms with Gasteiger partial charge < -0.3 is 5.32 Å². The Morgan fingerprint density at radius 3 is 2.50 bits per heavy atom. The van der Waals surface area contributed by atoms with Crippen molar-refractivity contribution in [3.8, 4) is 0 Å². The van der Waals surface area contributed by atoms with Crippen molar-refractivity contribution in [2.45, 2.75) is 31.1 Å². The molecule has 0 bridgehead atoms. The van der Waals surface area contributed by atoms with Crippen LogP contribution in [0.4, 0.5) is 0 Å². The lowest BCUT2D eigenvalue weighted by Gasteiger charge is -2.32. The van der Waals surface area contributed by atoms with Crippen LogP contribution >= 0.6 is 11.3 Å². The Morgan fingerprint density at radius 1 is 1.50 bits per heavy atom. The van der Waals surface area contributed by atoms with Crippen LogP contribution < -0.4 is 5.32 Å². The molecule has 0 aliphatic carbocycles. The van der Waals surface area contributed by atoms with Crippen molar-refractivity contribution in [2.24, 2.45) is 0 Å². The van der Waals surface area contributed by atoms with Gasteiger partial charge in [-0.25, -0.2) is 8.42 Å². The zero-order chi connectivity index (χ0) is 12.4. The van der Waals surface area contributed by atoms with E-state index in [0.29, 0.717) is 0 Å². The minimum absolute atomic E-state index is 0.0684. The Labute approximate surface area is 102 Å². The summed E-state index contributed by atoms with van der Waals surface area (Å²) in [6, 6.07) is 3.95. The summed E-state index contributed by atoms with van der Waals surface area (Å²) in [6.45, 7) is 3.55. The van der Waals surface area contributed by atoms with Crippen molar-refractivity contribution < 1.29 is 8.42 Å². The van der Waals surface area contributed by atoms with Gasteiger partial charge in [0.2, 0.25) is 0 Å². The minimum Gasteiger partial charge on any atom is -0.315 e. The predicted octanol–water partition coefficient (Wildman–Crippen LogP) is 1.70. The van der Waals surface area contributed by atoms with E-state index in [-0.39, 0.29) is 6.04 Å². The number of likely N-dealkylation sites (N-methyl/N-ethyl adjacent to an activating group) is 1. The lowest BCUT2D eigenvalue weighted by atomic mass is 9.99. The number of sulfone groups is 1. The molecule has 1 unspecified atom stereocenters. The molecular formula is C11H19NO2S2. The second-order valence-corrected chi connectivity index (χ2v) is 8.13. The van der Waals surface area contributed by atoms with E-state index in [1.54, 1.807) is 25.2 Å². The highest BCUT2D eigenvalue weighted by Gasteiger charge is 2.38. The van der Waals surface area contributed by atoms with Crippen LogP contribution in [0.2, 0.25) is 0 Å². The van der Waals surface area contributed by atoms with Crippen molar-refractivity contribution in [3.05, 3.63) is 22.4 Å². The van der Waals surface area contributed by atoms with Gasteiger partial charge in [0.05, 0.1) is 4.75 Å². The van der Waals surface area contributed by atoms with Gasteiger partial charge in [0.25, 0.3) is 0 Å². The summed E-state index contributed by atoms with van der Waals surface area (Å²) >= 11 is 1.66. The third-order valence-electron chi connectivity index (χ3n) is 3.13. The zero-order valence-electron chi connectivity index (χ0n) is 10.1. The molecule has 1 atom stereocenters. The van der Waals surface area contributed by atoms with Crippen LogP contribution in [0, 0.1) is 0 Å². The van der Waals surface area contributed by atoms with Gasteiger partial charge in [0.15, 0.2) is 9.84 Å². The first-order valence-electron chi connectivity index (χ1n) is 5.18. The quantitative estimate of drug-likeness (QED) is 0.877. The standard InChI is InChI=1S/C11H19NO2S2/c1-11(2,16(4,13)14)10(12-3)8-9-6-5-7-15-9/h5-7,10,12H,8H2,1-4H3. The van der Waals surface area contributed by atoms with Crippen LogP contribution in [0.1, 0.15) is 18.7 Å². The Hall–Kier alpha value is -0.390. The van der Waals surface area contributed by atoms with E-state index in [4.69, 9.17) is 0 Å². The second kappa shape index (κ2) is 4.85. The Morgan fingerprint density at radius 2 is 2.12 bits per heavy atom. The Bertz CT molecular complexity index is 421. The molecule has 0 saturated carbocycles. The molecular weight excluding hydrogens is 242 g/mol. The maximum atomic E-state index is 11.7. The second-order valence-electron chi connectivity index (χ2n) is 4.50. The van der Waals surface area contributed by atoms with E-state index >= 15 is 0 Å². The molecule has 0 fully saturated rings. The van der Waals surface area contributed by atoms with Gasteiger partial charge in [-0.3, -0.25) is 0 Å². The first-order chi connectivity index (χ1) is 7.29. The van der Waals surface area contributed by atoms with E-state index in [9.17, 15) is 8.42 Å². The normalized spacial score (nSPS) is 15.0. The summed E-state index contributed by atoms with van der Waals surface area (Å²) in [5.74, 6) is 0. The molecule has 16 heavy (non-hydrogen) atoms. The smallest absolute Gasteiger partial charge is 0.154 e. The van der Waals surface area contributed by atoms with E-state index < -0.39 is 14.6 Å². The van der Waals surface area contributed by atoms with Gasteiger partial charge in [0.1, 0.15) is 0 Å². The SMILES string of the molecule is CNC(Cc1cccs1)C(C)(C)S(C)(=O)=O. The number of thiophene rings is 1. The molecule has 0 aliphatic heterocycles. The van der Waals surface area contributed by atoms with Crippen LogP contribution in [-0.2, 0) is 16.3 Å².